The number of aromatic nitrogens is 2. The van der Waals surface area contributed by atoms with E-state index >= 15 is 0 Å². The molecule has 0 unspecified atom stereocenters. The molecule has 0 aliphatic carbocycles. The molecule has 1 aromatic heterocycles. The highest BCUT2D eigenvalue weighted by Gasteiger charge is 2.20. The van der Waals surface area contributed by atoms with Crippen LogP contribution in [0, 0.1) is 5.92 Å². The number of amides is 2. The second kappa shape index (κ2) is 10.3. The summed E-state index contributed by atoms with van der Waals surface area (Å²) in [6.45, 7) is 2.41. The van der Waals surface area contributed by atoms with Gasteiger partial charge in [-0.1, -0.05) is 30.3 Å². The van der Waals surface area contributed by atoms with Gasteiger partial charge in [-0.3, -0.25) is 9.59 Å². The van der Waals surface area contributed by atoms with Crippen LogP contribution < -0.4 is 10.6 Å². The third-order valence-corrected chi connectivity index (χ3v) is 5.60. The lowest BCUT2D eigenvalue weighted by Crippen LogP contribution is -2.33. The van der Waals surface area contributed by atoms with Crippen molar-refractivity contribution in [3.63, 3.8) is 0 Å². The lowest BCUT2D eigenvalue weighted by atomic mass is 9.99. The van der Waals surface area contributed by atoms with Gasteiger partial charge in [-0.15, -0.1) is 0 Å². The Kier molecular flexibility index (Phi) is 7.03. The van der Waals surface area contributed by atoms with Crippen LogP contribution in [-0.2, 0) is 16.1 Å². The Morgan fingerprint density at radius 1 is 1.03 bits per heavy atom. The third kappa shape index (κ3) is 4.92. The van der Waals surface area contributed by atoms with Crippen molar-refractivity contribution in [3.8, 4) is 0 Å². The van der Waals surface area contributed by atoms with Crippen molar-refractivity contribution in [2.45, 2.75) is 19.4 Å². The molecule has 4 rings (SSSR count). The summed E-state index contributed by atoms with van der Waals surface area (Å²) in [4.78, 5) is 34.2. The maximum Gasteiger partial charge on any atom is 0.273 e. The van der Waals surface area contributed by atoms with E-state index in [1.807, 2.05) is 30.3 Å². The maximum atomic E-state index is 13.1. The number of rotatable bonds is 7. The molecule has 32 heavy (non-hydrogen) atoms. The zero-order valence-corrected chi connectivity index (χ0v) is 18.0. The van der Waals surface area contributed by atoms with Gasteiger partial charge in [-0.2, -0.15) is 0 Å². The van der Waals surface area contributed by atoms with Gasteiger partial charge in [0, 0.05) is 44.8 Å². The summed E-state index contributed by atoms with van der Waals surface area (Å²) < 4.78 is 10.6. The van der Waals surface area contributed by atoms with Crippen LogP contribution in [0.25, 0.3) is 10.8 Å². The van der Waals surface area contributed by atoms with Gasteiger partial charge in [0.15, 0.2) is 11.5 Å². The summed E-state index contributed by atoms with van der Waals surface area (Å²) in [7, 11) is 1.64. The predicted octanol–water partition coefficient (Wildman–Crippen LogP) is 3.18. The Labute approximate surface area is 186 Å². The molecule has 1 aliphatic rings. The summed E-state index contributed by atoms with van der Waals surface area (Å²) in [6.07, 6.45) is 4.71. The highest BCUT2D eigenvalue weighted by molar-refractivity contribution is 6.14. The minimum absolute atomic E-state index is 0.0909. The second-order valence-electron chi connectivity index (χ2n) is 7.72. The van der Waals surface area contributed by atoms with E-state index in [0.29, 0.717) is 37.8 Å². The van der Waals surface area contributed by atoms with Crippen molar-refractivity contribution in [1.82, 2.24) is 15.3 Å². The molecule has 8 nitrogen and oxygen atoms in total. The minimum Gasteiger partial charge on any atom is -0.381 e. The van der Waals surface area contributed by atoms with E-state index in [1.165, 1.54) is 12.4 Å². The molecule has 0 saturated carbocycles. The monoisotopic (exact) mass is 434 g/mol. The maximum absolute atomic E-state index is 13.1. The van der Waals surface area contributed by atoms with Crippen LogP contribution in [0.4, 0.5) is 5.82 Å². The lowest BCUT2D eigenvalue weighted by molar-refractivity contribution is 0.0642. The molecule has 2 amide bonds. The Hall–Kier alpha value is -3.36. The van der Waals surface area contributed by atoms with Crippen molar-refractivity contribution < 1.29 is 19.1 Å². The molecule has 1 fully saturated rings. The highest BCUT2D eigenvalue weighted by Crippen LogP contribution is 2.24. The molecule has 166 valence electrons. The predicted molar refractivity (Wildman–Crippen MR) is 121 cm³/mol. The van der Waals surface area contributed by atoms with Gasteiger partial charge in [0.2, 0.25) is 0 Å². The topological polar surface area (TPSA) is 102 Å². The van der Waals surface area contributed by atoms with Gasteiger partial charge in [-0.05, 0) is 41.2 Å². The van der Waals surface area contributed by atoms with Gasteiger partial charge in [0.25, 0.3) is 11.8 Å². The first-order valence-corrected chi connectivity index (χ1v) is 10.6. The van der Waals surface area contributed by atoms with Gasteiger partial charge in [0.05, 0.1) is 6.61 Å². The standard InChI is InChI=1S/C24H26N4O4/c1-31-15-17-6-7-20(19-5-3-2-4-18(17)19)23(29)28-22-21(25-10-11-26-22)24(30)27-14-16-8-12-32-13-9-16/h2-7,10-11,16H,8-9,12-15H2,1H3,(H,27,30)(H,26,28,29). The number of benzene rings is 2. The average molecular weight is 434 g/mol. The summed E-state index contributed by atoms with van der Waals surface area (Å²) in [5, 5.41) is 7.42. The average Bonchev–Trinajstić information content (AvgIpc) is 2.84. The van der Waals surface area contributed by atoms with Crippen molar-refractivity contribution in [3.05, 3.63) is 65.6 Å². The van der Waals surface area contributed by atoms with Crippen LogP contribution in [0.3, 0.4) is 0 Å². The number of hydrogen-bond donors (Lipinski definition) is 2. The first-order valence-electron chi connectivity index (χ1n) is 10.6. The van der Waals surface area contributed by atoms with Crippen molar-refractivity contribution in [1.29, 1.82) is 0 Å². The van der Waals surface area contributed by atoms with Crippen molar-refractivity contribution >= 4 is 28.4 Å². The fourth-order valence-corrected chi connectivity index (χ4v) is 3.88. The Bertz CT molecular complexity index is 1110. The number of nitrogens with zero attached hydrogens (tertiary/aromatic N) is 2. The highest BCUT2D eigenvalue weighted by atomic mass is 16.5. The first-order chi connectivity index (χ1) is 15.7. The summed E-state index contributed by atoms with van der Waals surface area (Å²) >= 11 is 0. The third-order valence-electron chi connectivity index (χ3n) is 5.60. The number of ether oxygens (including phenoxy) is 2. The van der Waals surface area contributed by atoms with Gasteiger partial charge >= 0.3 is 0 Å². The molecule has 3 aromatic rings. The van der Waals surface area contributed by atoms with Crippen LogP contribution in [-0.4, -0.2) is 48.7 Å². The number of anilines is 1. The van der Waals surface area contributed by atoms with Crippen LogP contribution >= 0.6 is 0 Å². The van der Waals surface area contributed by atoms with E-state index in [-0.39, 0.29) is 23.3 Å². The fraction of sp³-hybridized carbons (Fsp3) is 0.333. The largest absolute Gasteiger partial charge is 0.381 e. The van der Waals surface area contributed by atoms with Gasteiger partial charge < -0.3 is 20.1 Å². The number of carbonyl (C=O) groups excluding carboxylic acids is 2. The van der Waals surface area contributed by atoms with Crippen molar-refractivity contribution in [2.75, 3.05) is 32.2 Å². The van der Waals surface area contributed by atoms with E-state index in [0.717, 1.165) is 29.2 Å². The molecule has 0 radical (unpaired) electrons. The number of carbonyl (C=O) groups is 2. The normalized spacial score (nSPS) is 14.3. The van der Waals surface area contributed by atoms with Crippen LogP contribution in [0.5, 0.6) is 0 Å². The molecule has 2 heterocycles. The smallest absolute Gasteiger partial charge is 0.273 e. The van der Waals surface area contributed by atoms with E-state index in [4.69, 9.17) is 9.47 Å². The Morgan fingerprint density at radius 3 is 2.56 bits per heavy atom. The van der Waals surface area contributed by atoms with Crippen molar-refractivity contribution in [2.24, 2.45) is 5.92 Å². The summed E-state index contributed by atoms with van der Waals surface area (Å²) in [5.41, 5.74) is 1.57. The number of hydrogen-bond acceptors (Lipinski definition) is 6. The van der Waals surface area contributed by atoms with Gasteiger partial charge in [0.1, 0.15) is 0 Å². The summed E-state index contributed by atoms with van der Waals surface area (Å²) in [5.74, 6) is -0.212. The number of nitrogens with one attached hydrogen (secondary N) is 2. The molecule has 8 heteroatoms. The van der Waals surface area contributed by atoms with Crippen LogP contribution in [0.1, 0.15) is 39.3 Å². The molecule has 0 atom stereocenters. The molecular weight excluding hydrogens is 408 g/mol. The van der Waals surface area contributed by atoms with E-state index in [9.17, 15) is 9.59 Å². The van der Waals surface area contributed by atoms with Gasteiger partial charge in [-0.25, -0.2) is 9.97 Å². The zero-order chi connectivity index (χ0) is 22.3. The molecule has 0 spiro atoms. The Morgan fingerprint density at radius 2 is 1.78 bits per heavy atom. The first kappa shape index (κ1) is 21.9. The molecule has 0 bridgehead atoms. The van der Waals surface area contributed by atoms with Crippen LogP contribution in [0.2, 0.25) is 0 Å². The SMILES string of the molecule is COCc1ccc(C(=O)Nc2nccnc2C(=O)NCC2CCOCC2)c2ccccc12. The van der Waals surface area contributed by atoms with E-state index in [1.54, 1.807) is 13.2 Å². The quantitative estimate of drug-likeness (QED) is 0.592. The molecular formula is C24H26N4O4. The zero-order valence-electron chi connectivity index (χ0n) is 18.0. The van der Waals surface area contributed by atoms with E-state index in [2.05, 4.69) is 20.6 Å². The molecule has 1 saturated heterocycles. The molecule has 2 aromatic carbocycles. The number of methoxy groups -OCH3 is 1. The van der Waals surface area contributed by atoms with E-state index < -0.39 is 0 Å². The molecule has 2 N–H and O–H groups in total. The number of fused-ring (bicyclic) bond motifs is 1. The lowest BCUT2D eigenvalue weighted by Gasteiger charge is -2.22. The second-order valence-corrected chi connectivity index (χ2v) is 7.72. The minimum atomic E-state index is -0.361. The fourth-order valence-electron chi connectivity index (χ4n) is 3.88. The summed E-state index contributed by atoms with van der Waals surface area (Å²) in [6, 6.07) is 11.3. The molecule has 1 aliphatic heterocycles. The Balaban J connectivity index is 1.53. The van der Waals surface area contributed by atoms with Crippen LogP contribution in [0.15, 0.2) is 48.8 Å².